The SMILES string of the molecule is NC1CCCN(C(=O)O)C(=O)/C1=C\Cc1ccccc1. The first-order chi connectivity index (χ1) is 9.59. The third kappa shape index (κ3) is 3.24. The van der Waals surface area contributed by atoms with Crippen molar-refractivity contribution in [2.24, 2.45) is 5.73 Å². The summed E-state index contributed by atoms with van der Waals surface area (Å²) in [6.07, 6.45) is 2.33. The summed E-state index contributed by atoms with van der Waals surface area (Å²) in [5.41, 5.74) is 7.45. The standard InChI is InChI=1S/C15H18N2O3/c16-13-7-4-10-17(15(19)20)14(18)12(13)9-8-11-5-2-1-3-6-11/h1-3,5-6,9,13H,4,7-8,10,16H2,(H,19,20)/b12-9-. The van der Waals surface area contributed by atoms with E-state index >= 15 is 0 Å². The molecule has 20 heavy (non-hydrogen) atoms. The number of carboxylic acid groups (broad SMARTS) is 1. The molecule has 0 aliphatic carbocycles. The quantitative estimate of drug-likeness (QED) is 0.805. The van der Waals surface area contributed by atoms with Gasteiger partial charge in [-0.25, -0.2) is 9.69 Å². The Hall–Kier alpha value is -2.14. The van der Waals surface area contributed by atoms with Crippen LogP contribution >= 0.6 is 0 Å². The summed E-state index contributed by atoms with van der Waals surface area (Å²) < 4.78 is 0. The van der Waals surface area contributed by atoms with Crippen molar-refractivity contribution in [3.63, 3.8) is 0 Å². The third-order valence-corrected chi connectivity index (χ3v) is 3.42. The minimum Gasteiger partial charge on any atom is -0.465 e. The van der Waals surface area contributed by atoms with Crippen molar-refractivity contribution in [1.82, 2.24) is 4.90 Å². The van der Waals surface area contributed by atoms with Gasteiger partial charge in [0.05, 0.1) is 0 Å². The van der Waals surface area contributed by atoms with Gasteiger partial charge in [-0.3, -0.25) is 4.79 Å². The average molecular weight is 274 g/mol. The first-order valence-electron chi connectivity index (χ1n) is 6.64. The molecule has 0 radical (unpaired) electrons. The summed E-state index contributed by atoms with van der Waals surface area (Å²) in [6.45, 7) is 0.213. The number of hydrogen-bond donors (Lipinski definition) is 2. The zero-order chi connectivity index (χ0) is 14.5. The first kappa shape index (κ1) is 14.3. The number of benzene rings is 1. The Kier molecular flexibility index (Phi) is 4.53. The zero-order valence-electron chi connectivity index (χ0n) is 11.2. The van der Waals surface area contributed by atoms with Crippen LogP contribution in [0.15, 0.2) is 42.0 Å². The van der Waals surface area contributed by atoms with Crippen molar-refractivity contribution < 1.29 is 14.7 Å². The number of carbonyl (C=O) groups is 2. The van der Waals surface area contributed by atoms with Crippen LogP contribution in [0.5, 0.6) is 0 Å². The maximum atomic E-state index is 12.2. The van der Waals surface area contributed by atoms with E-state index in [1.807, 2.05) is 30.3 Å². The smallest absolute Gasteiger partial charge is 0.414 e. The van der Waals surface area contributed by atoms with Gasteiger partial charge in [0.2, 0.25) is 0 Å². The molecular weight excluding hydrogens is 256 g/mol. The summed E-state index contributed by atoms with van der Waals surface area (Å²) in [7, 11) is 0. The van der Waals surface area contributed by atoms with E-state index in [1.165, 1.54) is 0 Å². The Bertz CT molecular complexity index is 525. The maximum absolute atomic E-state index is 12.2. The summed E-state index contributed by atoms with van der Waals surface area (Å²) in [5, 5.41) is 9.06. The number of rotatable bonds is 2. The predicted molar refractivity (Wildman–Crippen MR) is 75.2 cm³/mol. The highest BCUT2D eigenvalue weighted by molar-refractivity contribution is 6.03. The minimum absolute atomic E-state index is 0.213. The Morgan fingerprint density at radius 1 is 1.40 bits per heavy atom. The molecule has 1 saturated heterocycles. The van der Waals surface area contributed by atoms with E-state index in [1.54, 1.807) is 6.08 Å². The second-order valence-electron chi connectivity index (χ2n) is 4.84. The van der Waals surface area contributed by atoms with E-state index < -0.39 is 18.0 Å². The van der Waals surface area contributed by atoms with E-state index in [0.717, 1.165) is 10.5 Å². The normalized spacial score (nSPS) is 21.9. The molecule has 1 fully saturated rings. The monoisotopic (exact) mass is 274 g/mol. The molecule has 2 amide bonds. The van der Waals surface area contributed by atoms with Crippen LogP contribution in [-0.4, -0.2) is 34.6 Å². The lowest BCUT2D eigenvalue weighted by molar-refractivity contribution is -0.125. The van der Waals surface area contributed by atoms with Crippen molar-refractivity contribution in [2.75, 3.05) is 6.54 Å². The van der Waals surface area contributed by atoms with Gasteiger partial charge in [0.25, 0.3) is 5.91 Å². The molecule has 2 rings (SSSR count). The molecule has 0 saturated carbocycles. The highest BCUT2D eigenvalue weighted by Gasteiger charge is 2.30. The summed E-state index contributed by atoms with van der Waals surface area (Å²) in [6, 6.07) is 9.29. The van der Waals surface area contributed by atoms with E-state index in [2.05, 4.69) is 0 Å². The molecule has 5 nitrogen and oxygen atoms in total. The molecule has 1 aromatic rings. The van der Waals surface area contributed by atoms with Gasteiger partial charge in [-0.15, -0.1) is 0 Å². The van der Waals surface area contributed by atoms with Gasteiger partial charge in [-0.1, -0.05) is 36.4 Å². The Morgan fingerprint density at radius 3 is 2.75 bits per heavy atom. The van der Waals surface area contributed by atoms with Gasteiger partial charge in [-0.05, 0) is 24.8 Å². The van der Waals surface area contributed by atoms with Crippen molar-refractivity contribution >= 4 is 12.0 Å². The number of likely N-dealkylation sites (tertiary alicyclic amines) is 1. The van der Waals surface area contributed by atoms with Crippen molar-refractivity contribution in [1.29, 1.82) is 0 Å². The largest absolute Gasteiger partial charge is 0.465 e. The Labute approximate surface area is 117 Å². The lowest BCUT2D eigenvalue weighted by Crippen LogP contribution is -2.38. The van der Waals surface area contributed by atoms with Gasteiger partial charge in [0.1, 0.15) is 0 Å². The zero-order valence-corrected chi connectivity index (χ0v) is 11.2. The highest BCUT2D eigenvalue weighted by atomic mass is 16.4. The summed E-state index contributed by atoms with van der Waals surface area (Å²) in [5.74, 6) is -0.488. The van der Waals surface area contributed by atoms with Crippen LogP contribution in [0.2, 0.25) is 0 Å². The number of nitrogens with zero attached hydrogens (tertiary/aromatic N) is 1. The molecule has 1 atom stereocenters. The molecule has 1 aliphatic heterocycles. The number of amides is 2. The molecule has 1 heterocycles. The molecule has 1 unspecified atom stereocenters. The fourth-order valence-corrected chi connectivity index (χ4v) is 2.30. The van der Waals surface area contributed by atoms with Crippen LogP contribution < -0.4 is 5.73 Å². The van der Waals surface area contributed by atoms with Crippen molar-refractivity contribution in [2.45, 2.75) is 25.3 Å². The molecule has 1 aliphatic rings. The van der Waals surface area contributed by atoms with Crippen molar-refractivity contribution in [3.8, 4) is 0 Å². The van der Waals surface area contributed by atoms with Gasteiger partial charge >= 0.3 is 6.09 Å². The van der Waals surface area contributed by atoms with Crippen LogP contribution in [0.25, 0.3) is 0 Å². The minimum atomic E-state index is -1.21. The van der Waals surface area contributed by atoms with E-state index in [0.29, 0.717) is 24.8 Å². The van der Waals surface area contributed by atoms with Crippen LogP contribution in [0.1, 0.15) is 18.4 Å². The number of carbonyl (C=O) groups excluding carboxylic acids is 1. The maximum Gasteiger partial charge on any atom is 0.414 e. The summed E-state index contributed by atoms with van der Waals surface area (Å²) >= 11 is 0. The summed E-state index contributed by atoms with van der Waals surface area (Å²) in [4.78, 5) is 24.1. The third-order valence-electron chi connectivity index (χ3n) is 3.42. The molecule has 5 heteroatoms. The van der Waals surface area contributed by atoms with Crippen LogP contribution in [0.3, 0.4) is 0 Å². The van der Waals surface area contributed by atoms with Gasteiger partial charge in [0.15, 0.2) is 0 Å². The highest BCUT2D eigenvalue weighted by Crippen LogP contribution is 2.17. The topological polar surface area (TPSA) is 83.6 Å². The van der Waals surface area contributed by atoms with E-state index in [-0.39, 0.29) is 6.54 Å². The molecular formula is C15H18N2O3. The second-order valence-corrected chi connectivity index (χ2v) is 4.84. The predicted octanol–water partition coefficient (Wildman–Crippen LogP) is 1.78. The van der Waals surface area contributed by atoms with Crippen LogP contribution in [0.4, 0.5) is 4.79 Å². The first-order valence-corrected chi connectivity index (χ1v) is 6.64. The number of imide groups is 1. The van der Waals surface area contributed by atoms with E-state index in [4.69, 9.17) is 10.8 Å². The number of hydrogen-bond acceptors (Lipinski definition) is 3. The Morgan fingerprint density at radius 2 is 2.10 bits per heavy atom. The molecule has 0 bridgehead atoms. The van der Waals surface area contributed by atoms with Gasteiger partial charge in [0, 0.05) is 18.2 Å². The lowest BCUT2D eigenvalue weighted by atomic mass is 10.0. The second kappa shape index (κ2) is 6.34. The Balaban J connectivity index is 2.21. The van der Waals surface area contributed by atoms with Gasteiger partial charge in [-0.2, -0.15) is 0 Å². The fraction of sp³-hybridized carbons (Fsp3) is 0.333. The molecule has 1 aromatic carbocycles. The van der Waals surface area contributed by atoms with Gasteiger partial charge < -0.3 is 10.8 Å². The molecule has 0 spiro atoms. The van der Waals surface area contributed by atoms with Crippen molar-refractivity contribution in [3.05, 3.63) is 47.5 Å². The fourth-order valence-electron chi connectivity index (χ4n) is 2.30. The van der Waals surface area contributed by atoms with Crippen LogP contribution in [-0.2, 0) is 11.2 Å². The lowest BCUT2D eigenvalue weighted by Gasteiger charge is -2.16. The molecule has 3 N–H and O–H groups in total. The molecule has 0 aromatic heterocycles. The van der Waals surface area contributed by atoms with E-state index in [9.17, 15) is 9.59 Å². The number of allylic oxidation sites excluding steroid dienone is 1. The van der Waals surface area contributed by atoms with Crippen LogP contribution in [0, 0.1) is 0 Å². The number of nitrogens with two attached hydrogens (primary N) is 1. The average Bonchev–Trinajstić information content (AvgIpc) is 2.57. The molecule has 106 valence electrons.